The van der Waals surface area contributed by atoms with Gasteiger partial charge in [-0.3, -0.25) is 14.5 Å². The summed E-state index contributed by atoms with van der Waals surface area (Å²) in [5.41, 5.74) is 4.80. The summed E-state index contributed by atoms with van der Waals surface area (Å²) in [6.45, 7) is 5.66. The van der Waals surface area contributed by atoms with Gasteiger partial charge in [-0.2, -0.15) is 0 Å². The monoisotopic (exact) mass is 672 g/mol. The smallest absolute Gasteiger partial charge is 0.255 e. The molecule has 0 saturated carbocycles. The van der Waals surface area contributed by atoms with E-state index in [1.165, 1.54) is 6.33 Å². The minimum Gasteiger partial charge on any atom is -0.493 e. The maximum atomic E-state index is 13.7. The van der Waals surface area contributed by atoms with Gasteiger partial charge in [-0.25, -0.2) is 9.97 Å². The Balaban J connectivity index is 1.00. The molecule has 1 fully saturated rings. The van der Waals surface area contributed by atoms with Gasteiger partial charge in [-0.05, 0) is 47.4 Å². The molecule has 0 radical (unpaired) electrons. The lowest BCUT2D eigenvalue weighted by Crippen LogP contribution is -2.40. The van der Waals surface area contributed by atoms with Gasteiger partial charge in [-0.1, -0.05) is 60.7 Å². The largest absolute Gasteiger partial charge is 0.493 e. The molecule has 4 aromatic carbocycles. The number of fused-ring (bicyclic) bond motifs is 2. The zero-order valence-electron chi connectivity index (χ0n) is 28.0. The van der Waals surface area contributed by atoms with E-state index in [1.54, 1.807) is 12.0 Å². The number of anilines is 2. The first kappa shape index (κ1) is 33.0. The van der Waals surface area contributed by atoms with E-state index in [1.807, 2.05) is 91.0 Å². The molecule has 7 rings (SSSR count). The Bertz CT molecular complexity index is 1950. The Morgan fingerprint density at radius 2 is 1.72 bits per heavy atom. The van der Waals surface area contributed by atoms with Gasteiger partial charge in [0.25, 0.3) is 5.91 Å². The highest BCUT2D eigenvalue weighted by atomic mass is 16.5. The molecule has 0 aliphatic carbocycles. The minimum atomic E-state index is -0.750. The van der Waals surface area contributed by atoms with E-state index in [0.29, 0.717) is 42.6 Å². The third-order valence-corrected chi connectivity index (χ3v) is 9.11. The Kier molecular flexibility index (Phi) is 10.1. The first-order chi connectivity index (χ1) is 24.6. The maximum Gasteiger partial charge on any atom is 0.255 e. The van der Waals surface area contributed by atoms with Crippen LogP contribution in [-0.2, 0) is 22.6 Å². The average Bonchev–Trinajstić information content (AvgIpc) is 3.49. The van der Waals surface area contributed by atoms with Crippen LogP contribution in [0.2, 0.25) is 0 Å². The van der Waals surface area contributed by atoms with Crippen LogP contribution in [0.5, 0.6) is 11.5 Å². The quantitative estimate of drug-likeness (QED) is 0.157. The SMILES string of the molecule is COc1cc2ncnc(Nc3ccc(CNC(=O)C(c4ccccc4)N4Cc5ccccc5C4=O)cc3)c2cc1OCCCN1CCOCC1. The molecule has 11 heteroatoms. The number of aromatic nitrogens is 2. The molecule has 256 valence electrons. The fraction of sp³-hybridized carbons (Fsp3) is 0.282. The summed E-state index contributed by atoms with van der Waals surface area (Å²) >= 11 is 0. The topological polar surface area (TPSA) is 118 Å². The van der Waals surface area contributed by atoms with E-state index in [2.05, 4.69) is 25.5 Å². The molecule has 2 aliphatic heterocycles. The number of methoxy groups -OCH3 is 1. The van der Waals surface area contributed by atoms with Gasteiger partial charge in [0.15, 0.2) is 11.5 Å². The minimum absolute atomic E-state index is 0.141. The maximum absolute atomic E-state index is 13.7. The van der Waals surface area contributed by atoms with Crippen molar-refractivity contribution in [3.63, 3.8) is 0 Å². The first-order valence-electron chi connectivity index (χ1n) is 16.9. The number of ether oxygens (including phenoxy) is 3. The number of benzene rings is 4. The summed E-state index contributed by atoms with van der Waals surface area (Å²) in [4.78, 5) is 40.0. The number of carbonyl (C=O) groups is 2. The standard InChI is InChI=1S/C39H40N6O5/c1-48-34-23-33-32(22-35(34)50-19-7-16-44-17-20-49-21-18-44)37(42-26-41-33)43-30-14-12-27(13-15-30)24-40-38(46)36(28-8-3-2-4-9-28)45-25-29-10-5-6-11-31(29)39(45)47/h2-6,8-15,22-23,26,36H,7,16-21,24-25H2,1H3,(H,40,46)(H,41,42,43). The van der Waals surface area contributed by atoms with Crippen molar-refractivity contribution in [3.8, 4) is 11.5 Å². The molecule has 0 bridgehead atoms. The lowest BCUT2D eigenvalue weighted by atomic mass is 10.0. The second kappa shape index (κ2) is 15.4. The zero-order chi connectivity index (χ0) is 34.3. The summed E-state index contributed by atoms with van der Waals surface area (Å²) in [6.07, 6.45) is 2.41. The lowest BCUT2D eigenvalue weighted by molar-refractivity contribution is -0.126. The number of hydrogen-bond acceptors (Lipinski definition) is 9. The molecule has 0 spiro atoms. The van der Waals surface area contributed by atoms with Crippen LogP contribution in [0, 0.1) is 0 Å². The number of nitrogens with one attached hydrogen (secondary N) is 2. The predicted octanol–water partition coefficient (Wildman–Crippen LogP) is 5.50. The first-order valence-corrected chi connectivity index (χ1v) is 16.9. The van der Waals surface area contributed by atoms with Crippen LogP contribution in [0.1, 0.15) is 39.5 Å². The predicted molar refractivity (Wildman–Crippen MR) is 191 cm³/mol. The van der Waals surface area contributed by atoms with E-state index in [-0.39, 0.29) is 11.8 Å². The fourth-order valence-electron chi connectivity index (χ4n) is 6.45. The second-order valence-electron chi connectivity index (χ2n) is 12.3. The molecule has 1 unspecified atom stereocenters. The highest BCUT2D eigenvalue weighted by Crippen LogP contribution is 2.35. The summed E-state index contributed by atoms with van der Waals surface area (Å²) in [7, 11) is 1.62. The summed E-state index contributed by atoms with van der Waals surface area (Å²) in [6, 6.07) is 27.8. The Morgan fingerprint density at radius 3 is 2.50 bits per heavy atom. The van der Waals surface area contributed by atoms with Crippen molar-refractivity contribution in [2.45, 2.75) is 25.6 Å². The molecule has 1 aromatic heterocycles. The molecule has 2 N–H and O–H groups in total. The highest BCUT2D eigenvalue weighted by Gasteiger charge is 2.37. The Morgan fingerprint density at radius 1 is 0.940 bits per heavy atom. The van der Waals surface area contributed by atoms with Crippen molar-refractivity contribution in [2.24, 2.45) is 0 Å². The van der Waals surface area contributed by atoms with Crippen LogP contribution in [0.25, 0.3) is 10.9 Å². The number of nitrogens with zero attached hydrogens (tertiary/aromatic N) is 4. The van der Waals surface area contributed by atoms with Crippen molar-refractivity contribution >= 4 is 34.2 Å². The Labute approximate surface area is 291 Å². The van der Waals surface area contributed by atoms with Crippen molar-refractivity contribution in [2.75, 3.05) is 51.9 Å². The van der Waals surface area contributed by atoms with Gasteiger partial charge in [0.1, 0.15) is 18.2 Å². The van der Waals surface area contributed by atoms with Crippen LogP contribution >= 0.6 is 0 Å². The van der Waals surface area contributed by atoms with Crippen molar-refractivity contribution in [1.29, 1.82) is 0 Å². The van der Waals surface area contributed by atoms with Gasteiger partial charge in [0, 0.05) is 55.4 Å². The van der Waals surface area contributed by atoms with E-state index < -0.39 is 6.04 Å². The van der Waals surface area contributed by atoms with Gasteiger partial charge in [0.2, 0.25) is 5.91 Å². The fourth-order valence-corrected chi connectivity index (χ4v) is 6.45. The summed E-state index contributed by atoms with van der Waals surface area (Å²) in [5, 5.41) is 7.27. The molecule has 50 heavy (non-hydrogen) atoms. The number of amides is 2. The second-order valence-corrected chi connectivity index (χ2v) is 12.3. The van der Waals surface area contributed by atoms with Gasteiger partial charge in [-0.15, -0.1) is 0 Å². The molecule has 1 atom stereocenters. The van der Waals surface area contributed by atoms with Crippen LogP contribution in [0.15, 0.2) is 97.3 Å². The van der Waals surface area contributed by atoms with E-state index in [9.17, 15) is 9.59 Å². The van der Waals surface area contributed by atoms with E-state index in [4.69, 9.17) is 14.2 Å². The normalized spacial score (nSPS) is 15.1. The molecule has 1 saturated heterocycles. The summed E-state index contributed by atoms with van der Waals surface area (Å²) in [5.74, 6) is 1.52. The number of morpholine rings is 1. The number of carbonyl (C=O) groups excluding carboxylic acids is 2. The van der Waals surface area contributed by atoms with Gasteiger partial charge >= 0.3 is 0 Å². The lowest BCUT2D eigenvalue weighted by Gasteiger charge is -2.27. The van der Waals surface area contributed by atoms with Gasteiger partial charge < -0.3 is 29.7 Å². The van der Waals surface area contributed by atoms with Crippen molar-refractivity contribution < 1.29 is 23.8 Å². The Hall–Kier alpha value is -5.52. The van der Waals surface area contributed by atoms with E-state index >= 15 is 0 Å². The van der Waals surface area contributed by atoms with Crippen LogP contribution in [0.4, 0.5) is 11.5 Å². The number of hydrogen-bond donors (Lipinski definition) is 2. The van der Waals surface area contributed by atoms with Crippen molar-refractivity contribution in [3.05, 3.63) is 120 Å². The van der Waals surface area contributed by atoms with Crippen molar-refractivity contribution in [1.82, 2.24) is 25.1 Å². The molecule has 11 nitrogen and oxygen atoms in total. The van der Waals surface area contributed by atoms with Gasteiger partial charge in [0.05, 0.1) is 32.4 Å². The third kappa shape index (κ3) is 7.39. The van der Waals surface area contributed by atoms with Crippen LogP contribution < -0.4 is 20.1 Å². The van der Waals surface area contributed by atoms with Crippen LogP contribution in [0.3, 0.4) is 0 Å². The molecular formula is C39H40N6O5. The third-order valence-electron chi connectivity index (χ3n) is 9.11. The zero-order valence-corrected chi connectivity index (χ0v) is 28.0. The molecule has 2 amide bonds. The average molecular weight is 673 g/mol. The van der Waals surface area contributed by atoms with Crippen LogP contribution in [-0.4, -0.2) is 78.1 Å². The molecular weight excluding hydrogens is 632 g/mol. The summed E-state index contributed by atoms with van der Waals surface area (Å²) < 4.78 is 17.2. The molecule has 2 aliphatic rings. The highest BCUT2D eigenvalue weighted by molar-refractivity contribution is 6.01. The van der Waals surface area contributed by atoms with E-state index in [0.717, 1.165) is 72.5 Å². The molecule has 3 heterocycles. The molecule has 5 aromatic rings. The number of rotatable bonds is 13.